The zero-order chi connectivity index (χ0) is 22.4. The molecule has 0 saturated heterocycles. The standard InChI is InChI=1S/C22H25ClFN5OS/c1-15(28(2)3)21-26-27-22(29(21)19-10-6-17(23)7-11-19)31-14-20(30)25-13-12-16-4-8-18(24)9-5-16/h4-11,15H,12-14H2,1-3H3,(H,25,30). The molecule has 0 aliphatic heterocycles. The number of nitrogens with zero attached hydrogens (tertiary/aromatic N) is 4. The van der Waals surface area contributed by atoms with Crippen molar-refractivity contribution in [2.75, 3.05) is 26.4 Å². The molecule has 3 rings (SSSR count). The topological polar surface area (TPSA) is 63.1 Å². The van der Waals surface area contributed by atoms with Gasteiger partial charge in [0.2, 0.25) is 5.91 Å². The summed E-state index contributed by atoms with van der Waals surface area (Å²) in [5, 5.41) is 12.9. The minimum Gasteiger partial charge on any atom is -0.355 e. The molecule has 1 aromatic heterocycles. The number of hydrogen-bond acceptors (Lipinski definition) is 5. The van der Waals surface area contributed by atoms with E-state index in [1.165, 1.54) is 23.9 Å². The molecular weight excluding hydrogens is 437 g/mol. The molecule has 0 spiro atoms. The van der Waals surface area contributed by atoms with Crippen molar-refractivity contribution >= 4 is 29.3 Å². The average Bonchev–Trinajstić information content (AvgIpc) is 3.17. The van der Waals surface area contributed by atoms with E-state index in [1.54, 1.807) is 12.1 Å². The summed E-state index contributed by atoms with van der Waals surface area (Å²) in [6, 6.07) is 13.8. The van der Waals surface area contributed by atoms with Gasteiger partial charge in [-0.25, -0.2) is 4.39 Å². The number of rotatable bonds is 9. The maximum absolute atomic E-state index is 13.0. The lowest BCUT2D eigenvalue weighted by atomic mass is 10.1. The Morgan fingerprint density at radius 3 is 2.48 bits per heavy atom. The maximum atomic E-state index is 13.0. The van der Waals surface area contributed by atoms with Gasteiger partial charge in [-0.05, 0) is 69.4 Å². The zero-order valence-corrected chi connectivity index (χ0v) is 19.3. The summed E-state index contributed by atoms with van der Waals surface area (Å²) in [6.07, 6.45) is 0.641. The molecule has 0 aliphatic rings. The molecule has 6 nitrogen and oxygen atoms in total. The first-order valence-electron chi connectivity index (χ1n) is 9.86. The van der Waals surface area contributed by atoms with Gasteiger partial charge in [0.25, 0.3) is 0 Å². The summed E-state index contributed by atoms with van der Waals surface area (Å²) in [6.45, 7) is 2.53. The second-order valence-electron chi connectivity index (χ2n) is 7.31. The Bertz CT molecular complexity index is 1010. The van der Waals surface area contributed by atoms with E-state index in [-0.39, 0.29) is 23.5 Å². The second-order valence-corrected chi connectivity index (χ2v) is 8.69. The number of thioether (sulfide) groups is 1. The number of hydrogen-bond donors (Lipinski definition) is 1. The van der Waals surface area contributed by atoms with Crippen LogP contribution in [-0.2, 0) is 11.2 Å². The lowest BCUT2D eigenvalue weighted by molar-refractivity contribution is -0.118. The van der Waals surface area contributed by atoms with Crippen LogP contribution < -0.4 is 5.32 Å². The van der Waals surface area contributed by atoms with Crippen molar-refractivity contribution in [1.29, 1.82) is 0 Å². The second kappa shape index (κ2) is 10.7. The van der Waals surface area contributed by atoms with Gasteiger partial charge in [-0.2, -0.15) is 0 Å². The van der Waals surface area contributed by atoms with Crippen molar-refractivity contribution in [2.45, 2.75) is 24.5 Å². The molecule has 2 aromatic carbocycles. The number of amides is 1. The maximum Gasteiger partial charge on any atom is 0.230 e. The van der Waals surface area contributed by atoms with Crippen LogP contribution in [0, 0.1) is 5.82 Å². The Morgan fingerprint density at radius 2 is 1.84 bits per heavy atom. The van der Waals surface area contributed by atoms with Gasteiger partial charge in [-0.15, -0.1) is 10.2 Å². The van der Waals surface area contributed by atoms with E-state index >= 15 is 0 Å². The van der Waals surface area contributed by atoms with Gasteiger partial charge >= 0.3 is 0 Å². The Balaban J connectivity index is 1.65. The predicted octanol–water partition coefficient (Wildman–Crippen LogP) is 4.13. The molecule has 0 aliphatic carbocycles. The number of benzene rings is 2. The van der Waals surface area contributed by atoms with Crippen molar-refractivity contribution in [3.63, 3.8) is 0 Å². The Labute approximate surface area is 190 Å². The largest absolute Gasteiger partial charge is 0.355 e. The molecule has 164 valence electrons. The summed E-state index contributed by atoms with van der Waals surface area (Å²) in [5.74, 6) is 0.634. The minimum absolute atomic E-state index is 0.0297. The molecular formula is C22H25ClFN5OS. The SMILES string of the molecule is CC(c1nnc(SCC(=O)NCCc2ccc(F)cc2)n1-c1ccc(Cl)cc1)N(C)C. The van der Waals surface area contributed by atoms with Crippen molar-refractivity contribution in [2.24, 2.45) is 0 Å². The monoisotopic (exact) mass is 461 g/mol. The van der Waals surface area contributed by atoms with E-state index in [4.69, 9.17) is 11.6 Å². The van der Waals surface area contributed by atoms with Crippen molar-refractivity contribution in [3.05, 3.63) is 70.8 Å². The van der Waals surface area contributed by atoms with Crippen molar-refractivity contribution < 1.29 is 9.18 Å². The number of carbonyl (C=O) groups excluding carboxylic acids is 1. The Kier molecular flexibility index (Phi) is 8.06. The van der Waals surface area contributed by atoms with E-state index in [1.807, 2.05) is 54.8 Å². The zero-order valence-electron chi connectivity index (χ0n) is 17.7. The summed E-state index contributed by atoms with van der Waals surface area (Å²) >= 11 is 7.37. The molecule has 0 fully saturated rings. The highest BCUT2D eigenvalue weighted by Crippen LogP contribution is 2.27. The fourth-order valence-corrected chi connectivity index (χ4v) is 3.80. The van der Waals surface area contributed by atoms with Gasteiger partial charge in [0, 0.05) is 17.3 Å². The van der Waals surface area contributed by atoms with Crippen LogP contribution >= 0.6 is 23.4 Å². The quantitative estimate of drug-likeness (QED) is 0.485. The summed E-state index contributed by atoms with van der Waals surface area (Å²) < 4.78 is 14.9. The van der Waals surface area contributed by atoms with E-state index in [0.29, 0.717) is 23.1 Å². The highest BCUT2D eigenvalue weighted by molar-refractivity contribution is 7.99. The van der Waals surface area contributed by atoms with Crippen LogP contribution in [0.5, 0.6) is 0 Å². The van der Waals surface area contributed by atoms with Crippen LogP contribution in [0.3, 0.4) is 0 Å². The van der Waals surface area contributed by atoms with E-state index in [2.05, 4.69) is 15.5 Å². The predicted molar refractivity (Wildman–Crippen MR) is 122 cm³/mol. The Morgan fingerprint density at radius 1 is 1.16 bits per heavy atom. The molecule has 0 bridgehead atoms. The minimum atomic E-state index is -0.267. The average molecular weight is 462 g/mol. The van der Waals surface area contributed by atoms with Crippen LogP contribution in [0.25, 0.3) is 5.69 Å². The molecule has 1 N–H and O–H groups in total. The van der Waals surface area contributed by atoms with Gasteiger partial charge in [0.05, 0.1) is 11.8 Å². The van der Waals surface area contributed by atoms with Gasteiger partial charge in [0.1, 0.15) is 5.82 Å². The molecule has 31 heavy (non-hydrogen) atoms. The first-order valence-corrected chi connectivity index (χ1v) is 11.2. The highest BCUT2D eigenvalue weighted by Gasteiger charge is 2.21. The third-order valence-electron chi connectivity index (χ3n) is 4.87. The molecule has 0 saturated carbocycles. The molecule has 1 amide bonds. The van der Waals surface area contributed by atoms with Crippen LogP contribution in [0.4, 0.5) is 4.39 Å². The van der Waals surface area contributed by atoms with Crippen LogP contribution in [0.1, 0.15) is 24.4 Å². The van der Waals surface area contributed by atoms with Crippen LogP contribution in [0.15, 0.2) is 53.7 Å². The molecule has 1 heterocycles. The van der Waals surface area contributed by atoms with E-state index in [0.717, 1.165) is 17.1 Å². The summed E-state index contributed by atoms with van der Waals surface area (Å²) in [4.78, 5) is 14.4. The fraction of sp³-hybridized carbons (Fsp3) is 0.318. The highest BCUT2D eigenvalue weighted by atomic mass is 35.5. The normalized spacial score (nSPS) is 12.2. The molecule has 1 atom stereocenters. The lowest BCUT2D eigenvalue weighted by Crippen LogP contribution is -2.27. The number of carbonyl (C=O) groups is 1. The van der Waals surface area contributed by atoms with Crippen LogP contribution in [0.2, 0.25) is 5.02 Å². The third kappa shape index (κ3) is 6.29. The van der Waals surface area contributed by atoms with Gasteiger partial charge in [-0.1, -0.05) is 35.5 Å². The number of aromatic nitrogens is 3. The smallest absolute Gasteiger partial charge is 0.230 e. The molecule has 1 unspecified atom stereocenters. The Hall–Kier alpha value is -2.42. The fourth-order valence-electron chi connectivity index (χ4n) is 2.89. The third-order valence-corrected chi connectivity index (χ3v) is 6.05. The van der Waals surface area contributed by atoms with Crippen LogP contribution in [-0.4, -0.2) is 52.0 Å². The lowest BCUT2D eigenvalue weighted by Gasteiger charge is -2.20. The first kappa shape index (κ1) is 23.2. The van der Waals surface area contributed by atoms with Gasteiger partial charge in [0.15, 0.2) is 11.0 Å². The number of nitrogens with one attached hydrogen (secondary N) is 1. The molecule has 9 heteroatoms. The first-order chi connectivity index (χ1) is 14.8. The van der Waals surface area contributed by atoms with Gasteiger partial charge in [-0.3, -0.25) is 14.3 Å². The number of halogens is 2. The summed E-state index contributed by atoms with van der Waals surface area (Å²) in [7, 11) is 3.96. The van der Waals surface area contributed by atoms with Gasteiger partial charge < -0.3 is 5.32 Å². The summed E-state index contributed by atoms with van der Waals surface area (Å²) in [5.41, 5.74) is 1.86. The van der Waals surface area contributed by atoms with Crippen molar-refractivity contribution in [3.8, 4) is 5.69 Å². The van der Waals surface area contributed by atoms with Crippen molar-refractivity contribution in [1.82, 2.24) is 25.0 Å². The van der Waals surface area contributed by atoms with E-state index < -0.39 is 0 Å². The molecule has 3 aromatic rings. The molecule has 0 radical (unpaired) electrons. The van der Waals surface area contributed by atoms with E-state index in [9.17, 15) is 9.18 Å².